The maximum atomic E-state index is 12.8. The molecule has 3 fully saturated rings. The second kappa shape index (κ2) is 11.9. The van der Waals surface area contributed by atoms with Gasteiger partial charge in [-0.3, -0.25) is 9.79 Å². The average molecular weight is 423 g/mol. The monoisotopic (exact) mass is 422 g/mol. The average Bonchev–Trinajstić information content (AvgIpc) is 2.81. The third-order valence-corrected chi connectivity index (χ3v) is 6.70. The first-order chi connectivity index (χ1) is 14.7. The maximum Gasteiger partial charge on any atom is 0.225 e. The predicted octanol–water partition coefficient (Wildman–Crippen LogP) is 2.65. The summed E-state index contributed by atoms with van der Waals surface area (Å²) in [6, 6.07) is 0. The van der Waals surface area contributed by atoms with E-state index in [4.69, 9.17) is 14.5 Å². The molecule has 1 amide bonds. The van der Waals surface area contributed by atoms with Gasteiger partial charge in [-0.2, -0.15) is 0 Å². The van der Waals surface area contributed by atoms with Gasteiger partial charge >= 0.3 is 0 Å². The van der Waals surface area contributed by atoms with Crippen LogP contribution in [0.3, 0.4) is 0 Å². The minimum atomic E-state index is -0.0838. The number of ether oxygens (including phenoxy) is 2. The molecule has 0 atom stereocenters. The Kier molecular flexibility index (Phi) is 9.25. The largest absolute Gasteiger partial charge is 0.378 e. The predicted molar refractivity (Wildman–Crippen MR) is 120 cm³/mol. The molecule has 0 spiro atoms. The molecule has 2 aliphatic heterocycles. The third kappa shape index (κ3) is 6.33. The summed E-state index contributed by atoms with van der Waals surface area (Å²) in [5, 5.41) is 3.48. The fourth-order valence-corrected chi connectivity index (χ4v) is 4.89. The number of carbonyl (C=O) groups is 1. The molecule has 1 saturated carbocycles. The molecule has 0 bridgehead atoms. The highest BCUT2D eigenvalue weighted by atomic mass is 16.5. The molecule has 7 heteroatoms. The van der Waals surface area contributed by atoms with Gasteiger partial charge in [-0.05, 0) is 39.0 Å². The number of hydrogen-bond donors (Lipinski definition) is 1. The SMILES string of the molecule is CCCOC1(CN=C(NCC)N2CCC(C(=O)N3CCOCC3)CC2)CCCCC1. The first-order valence-corrected chi connectivity index (χ1v) is 12.2. The summed E-state index contributed by atoms with van der Waals surface area (Å²) in [4.78, 5) is 22.2. The van der Waals surface area contributed by atoms with Crippen molar-refractivity contribution in [1.82, 2.24) is 15.1 Å². The van der Waals surface area contributed by atoms with Gasteiger partial charge in [-0.15, -0.1) is 0 Å². The van der Waals surface area contributed by atoms with Crippen LogP contribution in [0.2, 0.25) is 0 Å². The normalized spacial score (nSPS) is 23.5. The summed E-state index contributed by atoms with van der Waals surface area (Å²) in [5.74, 6) is 1.44. The van der Waals surface area contributed by atoms with E-state index < -0.39 is 0 Å². The van der Waals surface area contributed by atoms with Crippen LogP contribution >= 0.6 is 0 Å². The lowest BCUT2D eigenvalue weighted by atomic mass is 9.84. The fourth-order valence-electron chi connectivity index (χ4n) is 4.89. The van der Waals surface area contributed by atoms with Crippen LogP contribution in [-0.2, 0) is 14.3 Å². The van der Waals surface area contributed by atoms with E-state index in [1.165, 1.54) is 19.3 Å². The molecule has 0 aromatic carbocycles. The summed E-state index contributed by atoms with van der Waals surface area (Å²) in [5.41, 5.74) is -0.0838. The summed E-state index contributed by atoms with van der Waals surface area (Å²) in [7, 11) is 0. The molecule has 1 aliphatic carbocycles. The van der Waals surface area contributed by atoms with Crippen molar-refractivity contribution in [2.24, 2.45) is 10.9 Å². The molecule has 0 radical (unpaired) electrons. The number of rotatable bonds is 7. The molecule has 3 rings (SSSR count). The van der Waals surface area contributed by atoms with E-state index in [1.807, 2.05) is 4.90 Å². The number of piperidine rings is 1. The lowest BCUT2D eigenvalue weighted by Crippen LogP contribution is -2.50. The van der Waals surface area contributed by atoms with Crippen LogP contribution in [-0.4, -0.2) is 86.4 Å². The van der Waals surface area contributed by atoms with E-state index in [9.17, 15) is 4.79 Å². The van der Waals surface area contributed by atoms with Gasteiger partial charge in [0, 0.05) is 45.2 Å². The molecule has 0 aromatic rings. The lowest BCUT2D eigenvalue weighted by molar-refractivity contribution is -0.140. The van der Waals surface area contributed by atoms with E-state index in [0.29, 0.717) is 19.1 Å². The first kappa shape index (κ1) is 23.3. The third-order valence-electron chi connectivity index (χ3n) is 6.70. The van der Waals surface area contributed by atoms with Crippen molar-refractivity contribution < 1.29 is 14.3 Å². The smallest absolute Gasteiger partial charge is 0.225 e. The molecule has 1 N–H and O–H groups in total. The van der Waals surface area contributed by atoms with Gasteiger partial charge in [0.2, 0.25) is 5.91 Å². The highest BCUT2D eigenvalue weighted by molar-refractivity contribution is 5.82. The Morgan fingerprint density at radius 1 is 1.07 bits per heavy atom. The van der Waals surface area contributed by atoms with Crippen LogP contribution < -0.4 is 5.32 Å². The van der Waals surface area contributed by atoms with E-state index >= 15 is 0 Å². The van der Waals surface area contributed by atoms with Crippen LogP contribution in [0, 0.1) is 5.92 Å². The van der Waals surface area contributed by atoms with Crippen molar-refractivity contribution >= 4 is 11.9 Å². The van der Waals surface area contributed by atoms with Crippen LogP contribution in [0.25, 0.3) is 0 Å². The van der Waals surface area contributed by atoms with Crippen molar-refractivity contribution in [1.29, 1.82) is 0 Å². The Morgan fingerprint density at radius 2 is 1.77 bits per heavy atom. The van der Waals surface area contributed by atoms with Gasteiger partial charge < -0.3 is 24.6 Å². The molecule has 30 heavy (non-hydrogen) atoms. The van der Waals surface area contributed by atoms with Crippen LogP contribution in [0.4, 0.5) is 0 Å². The van der Waals surface area contributed by atoms with E-state index in [2.05, 4.69) is 24.1 Å². The molecule has 0 unspecified atom stereocenters. The van der Waals surface area contributed by atoms with Crippen molar-refractivity contribution in [3.05, 3.63) is 0 Å². The molecule has 2 heterocycles. The van der Waals surface area contributed by atoms with E-state index in [1.54, 1.807) is 0 Å². The Hall–Kier alpha value is -1.34. The zero-order chi connectivity index (χ0) is 21.2. The van der Waals surface area contributed by atoms with Gasteiger partial charge in [-0.1, -0.05) is 26.2 Å². The number of guanidine groups is 1. The van der Waals surface area contributed by atoms with Gasteiger partial charge in [0.1, 0.15) is 0 Å². The molecular formula is C23H42N4O3. The van der Waals surface area contributed by atoms with Crippen molar-refractivity contribution in [2.75, 3.05) is 59.1 Å². The van der Waals surface area contributed by atoms with Gasteiger partial charge in [-0.25, -0.2) is 0 Å². The van der Waals surface area contributed by atoms with Crippen LogP contribution in [0.15, 0.2) is 4.99 Å². The fraction of sp³-hybridized carbons (Fsp3) is 0.913. The number of amides is 1. The van der Waals surface area contributed by atoms with Gasteiger partial charge in [0.05, 0.1) is 25.4 Å². The van der Waals surface area contributed by atoms with E-state index in [0.717, 1.165) is 83.9 Å². The second-order valence-electron chi connectivity index (χ2n) is 8.96. The summed E-state index contributed by atoms with van der Waals surface area (Å²) < 4.78 is 11.7. The topological polar surface area (TPSA) is 66.4 Å². The molecule has 3 aliphatic rings. The summed E-state index contributed by atoms with van der Waals surface area (Å²) in [6.45, 7) is 11.3. The van der Waals surface area contributed by atoms with Crippen LogP contribution in [0.1, 0.15) is 65.2 Å². The zero-order valence-electron chi connectivity index (χ0n) is 19.2. The van der Waals surface area contributed by atoms with Crippen molar-refractivity contribution in [2.45, 2.75) is 70.8 Å². The summed E-state index contributed by atoms with van der Waals surface area (Å²) in [6.07, 6.45) is 8.88. The molecular weight excluding hydrogens is 380 g/mol. The highest BCUT2D eigenvalue weighted by Crippen LogP contribution is 2.32. The molecule has 7 nitrogen and oxygen atoms in total. The van der Waals surface area contributed by atoms with Crippen LogP contribution in [0.5, 0.6) is 0 Å². The highest BCUT2D eigenvalue weighted by Gasteiger charge is 2.34. The number of nitrogens with one attached hydrogen (secondary N) is 1. The number of carbonyl (C=O) groups excluding carboxylic acids is 1. The standard InChI is InChI=1S/C23H42N4O3/c1-3-16-30-23(10-6-5-7-11-23)19-25-22(24-4-2)27-12-8-20(9-13-27)21(28)26-14-17-29-18-15-26/h20H,3-19H2,1-2H3,(H,24,25). The minimum Gasteiger partial charge on any atom is -0.378 e. The lowest BCUT2D eigenvalue weighted by Gasteiger charge is -2.38. The van der Waals surface area contributed by atoms with Gasteiger partial charge in [0.15, 0.2) is 5.96 Å². The van der Waals surface area contributed by atoms with Crippen molar-refractivity contribution in [3.63, 3.8) is 0 Å². The number of morpholine rings is 1. The first-order valence-electron chi connectivity index (χ1n) is 12.2. The molecule has 172 valence electrons. The molecule has 0 aromatic heterocycles. The van der Waals surface area contributed by atoms with E-state index in [-0.39, 0.29) is 11.5 Å². The Balaban J connectivity index is 1.57. The van der Waals surface area contributed by atoms with Crippen molar-refractivity contribution in [3.8, 4) is 0 Å². The number of likely N-dealkylation sites (tertiary alicyclic amines) is 1. The van der Waals surface area contributed by atoms with Gasteiger partial charge in [0.25, 0.3) is 0 Å². The Morgan fingerprint density at radius 3 is 2.40 bits per heavy atom. The quantitative estimate of drug-likeness (QED) is 0.505. The second-order valence-corrected chi connectivity index (χ2v) is 8.96. The number of nitrogens with zero attached hydrogens (tertiary/aromatic N) is 3. The minimum absolute atomic E-state index is 0.0838. The number of aliphatic imine (C=N–C) groups is 1. The Labute approximate surface area is 182 Å². The number of hydrogen-bond acceptors (Lipinski definition) is 4. The summed E-state index contributed by atoms with van der Waals surface area (Å²) >= 11 is 0. The maximum absolute atomic E-state index is 12.8. The molecule has 2 saturated heterocycles. The Bertz CT molecular complexity index is 549. The zero-order valence-corrected chi connectivity index (χ0v) is 19.2.